The minimum Gasteiger partial charge on any atom is -0.465 e. The van der Waals surface area contributed by atoms with Crippen molar-refractivity contribution in [3.8, 4) is 11.3 Å². The Balaban J connectivity index is 2.13. The van der Waals surface area contributed by atoms with Gasteiger partial charge in [0.25, 0.3) is 0 Å². The number of esters is 2. The number of carbonyl (C=O) groups excluding carboxylic acids is 3. The molecule has 4 rings (SSSR count). The van der Waals surface area contributed by atoms with Gasteiger partial charge in [-0.3, -0.25) is 9.20 Å². The lowest BCUT2D eigenvalue weighted by atomic mass is 10.0. The first-order valence-electron chi connectivity index (χ1n) is 9.96. The standard InChI is InChI=1S/C24H13F5N2O5/c1-35-23(33)13-12-8-11(10-6-4-3-5-7-10)30-9-31(12)21(14(13)24(34)36-2)22(32)15-16(25)18(27)20(29)19(28)17(15)26/h3-9H,1-2H3. The second-order valence-electron chi connectivity index (χ2n) is 7.25. The Bertz CT molecular complexity index is 1540. The van der Waals surface area contributed by atoms with Crippen LogP contribution in [0.5, 0.6) is 0 Å². The third-order valence-electron chi connectivity index (χ3n) is 5.33. The zero-order valence-corrected chi connectivity index (χ0v) is 18.4. The highest BCUT2D eigenvalue weighted by Crippen LogP contribution is 2.32. The number of ether oxygens (including phenoxy) is 2. The van der Waals surface area contributed by atoms with Gasteiger partial charge in [-0.15, -0.1) is 0 Å². The van der Waals surface area contributed by atoms with Crippen molar-refractivity contribution in [2.24, 2.45) is 0 Å². The molecular formula is C24H13F5N2O5. The summed E-state index contributed by atoms with van der Waals surface area (Å²) in [6.45, 7) is 0. The summed E-state index contributed by atoms with van der Waals surface area (Å²) >= 11 is 0. The fourth-order valence-electron chi connectivity index (χ4n) is 3.68. The molecule has 0 atom stereocenters. The van der Waals surface area contributed by atoms with Gasteiger partial charge in [0, 0.05) is 5.56 Å². The molecule has 0 N–H and O–H groups in total. The molecule has 0 saturated heterocycles. The molecule has 0 bridgehead atoms. The van der Waals surface area contributed by atoms with Crippen LogP contribution in [0.2, 0.25) is 0 Å². The van der Waals surface area contributed by atoms with Gasteiger partial charge in [-0.25, -0.2) is 36.5 Å². The fourth-order valence-corrected chi connectivity index (χ4v) is 3.68. The summed E-state index contributed by atoms with van der Waals surface area (Å²) in [4.78, 5) is 42.8. The smallest absolute Gasteiger partial charge is 0.341 e. The van der Waals surface area contributed by atoms with Crippen LogP contribution in [0.4, 0.5) is 22.0 Å². The summed E-state index contributed by atoms with van der Waals surface area (Å²) in [5.41, 5.74) is -3.47. The van der Waals surface area contributed by atoms with Crippen molar-refractivity contribution >= 4 is 23.2 Å². The molecule has 36 heavy (non-hydrogen) atoms. The van der Waals surface area contributed by atoms with Crippen molar-refractivity contribution in [2.45, 2.75) is 0 Å². The number of aromatic nitrogens is 2. The first-order chi connectivity index (χ1) is 17.1. The maximum atomic E-state index is 14.5. The van der Waals surface area contributed by atoms with Gasteiger partial charge in [-0.05, 0) is 6.07 Å². The number of benzene rings is 2. The molecule has 0 saturated carbocycles. The van der Waals surface area contributed by atoms with Crippen molar-refractivity contribution in [1.29, 1.82) is 0 Å². The van der Waals surface area contributed by atoms with Gasteiger partial charge in [0.05, 0.1) is 25.4 Å². The number of carbonyl (C=O) groups is 3. The van der Waals surface area contributed by atoms with Crippen molar-refractivity contribution in [2.75, 3.05) is 14.2 Å². The lowest BCUT2D eigenvalue weighted by Crippen LogP contribution is -2.19. The van der Waals surface area contributed by atoms with Crippen LogP contribution in [-0.4, -0.2) is 41.3 Å². The summed E-state index contributed by atoms with van der Waals surface area (Å²) in [6.07, 6.45) is 0.954. The monoisotopic (exact) mass is 504 g/mol. The van der Waals surface area contributed by atoms with Gasteiger partial charge in [0.1, 0.15) is 28.7 Å². The molecule has 0 fully saturated rings. The summed E-state index contributed by atoms with van der Waals surface area (Å²) in [7, 11) is 1.86. The lowest BCUT2D eigenvalue weighted by molar-refractivity contribution is 0.0556. The maximum absolute atomic E-state index is 14.5. The zero-order valence-electron chi connectivity index (χ0n) is 18.4. The normalized spacial score (nSPS) is 11.0. The Morgan fingerprint density at radius 3 is 1.83 bits per heavy atom. The molecule has 4 aromatic rings. The highest BCUT2D eigenvalue weighted by molar-refractivity contribution is 6.20. The van der Waals surface area contributed by atoms with E-state index < -0.39 is 69.2 Å². The zero-order chi connectivity index (χ0) is 26.3. The number of methoxy groups -OCH3 is 2. The molecule has 12 heteroatoms. The highest BCUT2D eigenvalue weighted by Gasteiger charge is 2.37. The Morgan fingerprint density at radius 1 is 0.750 bits per heavy atom. The van der Waals surface area contributed by atoms with Crippen LogP contribution in [0.3, 0.4) is 0 Å². The van der Waals surface area contributed by atoms with Crippen molar-refractivity contribution in [1.82, 2.24) is 9.38 Å². The molecule has 7 nitrogen and oxygen atoms in total. The number of rotatable bonds is 5. The molecule has 0 aliphatic heterocycles. The van der Waals surface area contributed by atoms with Crippen LogP contribution in [-0.2, 0) is 9.47 Å². The molecule has 0 spiro atoms. The first-order valence-corrected chi connectivity index (χ1v) is 9.96. The molecule has 2 aromatic heterocycles. The van der Waals surface area contributed by atoms with E-state index in [4.69, 9.17) is 4.74 Å². The second-order valence-corrected chi connectivity index (χ2v) is 7.25. The number of hydrogen-bond donors (Lipinski definition) is 0. The summed E-state index contributed by atoms with van der Waals surface area (Å²) in [6, 6.07) is 9.74. The number of fused-ring (bicyclic) bond motifs is 1. The Labute approximate surface area is 198 Å². The molecular weight excluding hydrogens is 491 g/mol. The molecule has 0 radical (unpaired) electrons. The van der Waals surface area contributed by atoms with E-state index >= 15 is 0 Å². The van der Waals surface area contributed by atoms with Crippen molar-refractivity contribution in [3.63, 3.8) is 0 Å². The molecule has 0 amide bonds. The first kappa shape index (κ1) is 24.5. The van der Waals surface area contributed by atoms with E-state index in [0.29, 0.717) is 5.56 Å². The highest BCUT2D eigenvalue weighted by atomic mass is 19.2. The molecule has 0 aliphatic carbocycles. The average molecular weight is 504 g/mol. The topological polar surface area (TPSA) is 87.0 Å². The number of ketones is 1. The van der Waals surface area contributed by atoms with Gasteiger partial charge in [-0.2, -0.15) is 0 Å². The minimum absolute atomic E-state index is 0.177. The van der Waals surface area contributed by atoms with Crippen LogP contribution in [0.25, 0.3) is 16.8 Å². The van der Waals surface area contributed by atoms with E-state index in [-0.39, 0.29) is 11.2 Å². The van der Waals surface area contributed by atoms with Crippen LogP contribution in [0.15, 0.2) is 42.7 Å². The van der Waals surface area contributed by atoms with Crippen LogP contribution >= 0.6 is 0 Å². The molecule has 2 aromatic carbocycles. The van der Waals surface area contributed by atoms with E-state index in [0.717, 1.165) is 24.9 Å². The largest absolute Gasteiger partial charge is 0.465 e. The van der Waals surface area contributed by atoms with Gasteiger partial charge < -0.3 is 9.47 Å². The number of nitrogens with zero attached hydrogens (tertiary/aromatic N) is 2. The summed E-state index contributed by atoms with van der Waals surface area (Å²) in [5.74, 6) is -16.3. The molecule has 0 aliphatic rings. The minimum atomic E-state index is -2.47. The predicted molar refractivity (Wildman–Crippen MR) is 113 cm³/mol. The predicted octanol–water partition coefficient (Wildman–Crippen LogP) is 4.50. The summed E-state index contributed by atoms with van der Waals surface area (Å²) in [5, 5.41) is 0. The average Bonchev–Trinajstić information content (AvgIpc) is 3.24. The van der Waals surface area contributed by atoms with Crippen LogP contribution in [0.1, 0.15) is 36.8 Å². The van der Waals surface area contributed by atoms with E-state index in [1.54, 1.807) is 30.3 Å². The Hall–Kier alpha value is -4.61. The number of hydrogen-bond acceptors (Lipinski definition) is 6. The third kappa shape index (κ3) is 3.67. The number of halogens is 5. The van der Waals surface area contributed by atoms with E-state index in [1.807, 2.05) is 0 Å². The van der Waals surface area contributed by atoms with Gasteiger partial charge in [0.2, 0.25) is 11.6 Å². The van der Waals surface area contributed by atoms with Gasteiger partial charge in [-0.1, -0.05) is 30.3 Å². The Kier molecular flexibility index (Phi) is 6.27. The molecule has 2 heterocycles. The van der Waals surface area contributed by atoms with E-state index in [2.05, 4.69) is 9.72 Å². The maximum Gasteiger partial charge on any atom is 0.341 e. The quantitative estimate of drug-likeness (QED) is 0.131. The van der Waals surface area contributed by atoms with Crippen molar-refractivity contribution < 1.29 is 45.8 Å². The summed E-state index contributed by atoms with van der Waals surface area (Å²) < 4.78 is 80.4. The van der Waals surface area contributed by atoms with Crippen molar-refractivity contribution in [3.05, 3.63) is 94.2 Å². The van der Waals surface area contributed by atoms with E-state index in [9.17, 15) is 36.3 Å². The van der Waals surface area contributed by atoms with Crippen LogP contribution < -0.4 is 0 Å². The Morgan fingerprint density at radius 2 is 1.28 bits per heavy atom. The lowest BCUT2D eigenvalue weighted by Gasteiger charge is -2.09. The van der Waals surface area contributed by atoms with Gasteiger partial charge in [0.15, 0.2) is 23.3 Å². The molecule has 184 valence electrons. The third-order valence-corrected chi connectivity index (χ3v) is 5.33. The van der Waals surface area contributed by atoms with E-state index in [1.165, 1.54) is 6.07 Å². The fraction of sp³-hybridized carbons (Fsp3) is 0.0833. The SMILES string of the molecule is COC(=O)c1c(C(=O)OC)c2cc(-c3ccccc3)ncn2c1C(=O)c1c(F)c(F)c(F)c(F)c1F. The second kappa shape index (κ2) is 9.21. The van der Waals surface area contributed by atoms with Crippen LogP contribution in [0, 0.1) is 29.1 Å². The van der Waals surface area contributed by atoms with Gasteiger partial charge >= 0.3 is 11.9 Å². The molecule has 0 unspecified atom stereocenters.